The van der Waals surface area contributed by atoms with Crippen molar-refractivity contribution in [2.75, 3.05) is 11.1 Å². The zero-order valence-corrected chi connectivity index (χ0v) is 14.5. The van der Waals surface area contributed by atoms with Crippen LogP contribution in [0.2, 0.25) is 0 Å². The summed E-state index contributed by atoms with van der Waals surface area (Å²) < 4.78 is 18.1. The van der Waals surface area contributed by atoms with Crippen molar-refractivity contribution in [3.05, 3.63) is 54.2 Å². The lowest BCUT2D eigenvalue weighted by Gasteiger charge is -2.05. The highest BCUT2D eigenvalue weighted by Gasteiger charge is 2.29. The number of anilines is 1. The predicted octanol–water partition coefficient (Wildman–Crippen LogP) is 3.88. The Labute approximate surface area is 153 Å². The van der Waals surface area contributed by atoms with Gasteiger partial charge in [-0.15, -0.1) is 0 Å². The molecule has 26 heavy (non-hydrogen) atoms. The average molecular weight is 370 g/mol. The molecule has 1 aliphatic carbocycles. The Hall–Kier alpha value is -2.74. The van der Waals surface area contributed by atoms with E-state index in [1.807, 2.05) is 12.1 Å². The van der Waals surface area contributed by atoms with Crippen molar-refractivity contribution >= 4 is 23.4 Å². The summed E-state index contributed by atoms with van der Waals surface area (Å²) in [4.78, 5) is 20.6. The zero-order valence-electron chi connectivity index (χ0n) is 13.7. The van der Waals surface area contributed by atoms with Gasteiger partial charge in [-0.2, -0.15) is 4.98 Å². The summed E-state index contributed by atoms with van der Waals surface area (Å²) in [5.74, 6) is 1.34. The Balaban J connectivity index is 1.32. The fourth-order valence-corrected chi connectivity index (χ4v) is 2.96. The molecule has 2 heterocycles. The number of pyridine rings is 1. The average Bonchev–Trinajstić information content (AvgIpc) is 3.39. The maximum atomic E-state index is 12.9. The molecule has 6 nitrogen and oxygen atoms in total. The summed E-state index contributed by atoms with van der Waals surface area (Å²) in [7, 11) is 0. The number of hydrogen-bond acceptors (Lipinski definition) is 6. The van der Waals surface area contributed by atoms with Gasteiger partial charge in [-0.3, -0.25) is 4.79 Å². The van der Waals surface area contributed by atoms with Crippen molar-refractivity contribution in [2.24, 2.45) is 0 Å². The lowest BCUT2D eigenvalue weighted by molar-refractivity contribution is -0.113. The van der Waals surface area contributed by atoms with Gasteiger partial charge < -0.3 is 9.84 Å². The van der Waals surface area contributed by atoms with Gasteiger partial charge in [0.15, 0.2) is 5.82 Å². The van der Waals surface area contributed by atoms with Crippen LogP contribution in [0.5, 0.6) is 0 Å². The van der Waals surface area contributed by atoms with Crippen LogP contribution in [0.25, 0.3) is 11.5 Å². The van der Waals surface area contributed by atoms with Gasteiger partial charge >= 0.3 is 0 Å². The molecule has 0 unspecified atom stereocenters. The highest BCUT2D eigenvalue weighted by molar-refractivity contribution is 7.99. The second kappa shape index (κ2) is 7.25. The standard InChI is InChI=1S/C18H15FN4O2S/c19-13-4-6-14(7-5-13)21-15(24)10-26-16-8-3-12(9-20-16)18-22-17(23-25-18)11-1-2-11/h3-9,11H,1-2,10H2,(H,21,24). The number of nitrogens with one attached hydrogen (secondary N) is 1. The summed E-state index contributed by atoms with van der Waals surface area (Å²) >= 11 is 1.31. The number of halogens is 1. The molecular formula is C18H15FN4O2S. The van der Waals surface area contributed by atoms with Gasteiger partial charge in [-0.1, -0.05) is 16.9 Å². The summed E-state index contributed by atoms with van der Waals surface area (Å²) in [6.07, 6.45) is 3.89. The number of nitrogens with zero attached hydrogens (tertiary/aromatic N) is 3. The fourth-order valence-electron chi connectivity index (χ4n) is 2.32. The predicted molar refractivity (Wildman–Crippen MR) is 95.3 cm³/mol. The Kier molecular flexibility index (Phi) is 4.66. The summed E-state index contributed by atoms with van der Waals surface area (Å²) in [6, 6.07) is 9.30. The second-order valence-electron chi connectivity index (χ2n) is 5.96. The van der Waals surface area contributed by atoms with E-state index in [-0.39, 0.29) is 17.5 Å². The van der Waals surface area contributed by atoms with E-state index in [1.165, 1.54) is 36.0 Å². The first-order valence-corrected chi connectivity index (χ1v) is 9.14. The van der Waals surface area contributed by atoms with E-state index in [9.17, 15) is 9.18 Å². The Bertz CT molecular complexity index is 908. The number of carbonyl (C=O) groups excluding carboxylic acids is 1. The highest BCUT2D eigenvalue weighted by atomic mass is 32.2. The Morgan fingerprint density at radius 3 is 2.73 bits per heavy atom. The number of amides is 1. The van der Waals surface area contributed by atoms with Gasteiger partial charge in [0.05, 0.1) is 16.3 Å². The lowest BCUT2D eigenvalue weighted by Crippen LogP contribution is -2.14. The minimum absolute atomic E-state index is 0.182. The van der Waals surface area contributed by atoms with Crippen molar-refractivity contribution in [3.63, 3.8) is 0 Å². The molecule has 1 aromatic carbocycles. The third-order valence-electron chi connectivity index (χ3n) is 3.85. The molecule has 0 aliphatic heterocycles. The van der Waals surface area contributed by atoms with Crippen LogP contribution in [-0.4, -0.2) is 26.8 Å². The number of aromatic nitrogens is 3. The highest BCUT2D eigenvalue weighted by Crippen LogP contribution is 2.38. The van der Waals surface area contributed by atoms with Crippen LogP contribution in [0.1, 0.15) is 24.6 Å². The quantitative estimate of drug-likeness (QED) is 0.663. The molecular weight excluding hydrogens is 355 g/mol. The third-order valence-corrected chi connectivity index (χ3v) is 4.79. The lowest BCUT2D eigenvalue weighted by atomic mass is 10.3. The van der Waals surface area contributed by atoms with Crippen molar-refractivity contribution in [3.8, 4) is 11.5 Å². The molecule has 132 valence electrons. The number of hydrogen-bond donors (Lipinski definition) is 1. The summed E-state index contributed by atoms with van der Waals surface area (Å²) in [5, 5.41) is 7.41. The molecule has 0 radical (unpaired) electrons. The summed E-state index contributed by atoms with van der Waals surface area (Å²) in [5.41, 5.74) is 1.31. The van der Waals surface area contributed by atoms with Crippen molar-refractivity contribution in [1.82, 2.24) is 15.1 Å². The van der Waals surface area contributed by atoms with Gasteiger partial charge in [0.1, 0.15) is 5.82 Å². The van der Waals surface area contributed by atoms with Gasteiger partial charge in [0, 0.05) is 17.8 Å². The van der Waals surface area contributed by atoms with Crippen molar-refractivity contribution in [2.45, 2.75) is 23.8 Å². The SMILES string of the molecule is O=C(CSc1ccc(-c2nc(C3CC3)no2)cn1)Nc1ccc(F)cc1. The first-order chi connectivity index (χ1) is 12.7. The number of benzene rings is 1. The smallest absolute Gasteiger partial charge is 0.259 e. The van der Waals surface area contributed by atoms with E-state index < -0.39 is 0 Å². The molecule has 0 atom stereocenters. The number of carbonyl (C=O) groups is 1. The molecule has 0 bridgehead atoms. The van der Waals surface area contributed by atoms with E-state index in [1.54, 1.807) is 6.20 Å². The summed E-state index contributed by atoms with van der Waals surface area (Å²) in [6.45, 7) is 0. The van der Waals surface area contributed by atoms with Crippen molar-refractivity contribution in [1.29, 1.82) is 0 Å². The molecule has 3 aromatic rings. The molecule has 1 aliphatic rings. The van der Waals surface area contributed by atoms with E-state index in [4.69, 9.17) is 4.52 Å². The Morgan fingerprint density at radius 1 is 1.23 bits per heavy atom. The molecule has 4 rings (SSSR count). The van der Waals surface area contributed by atoms with Crippen LogP contribution in [0.15, 0.2) is 52.1 Å². The third kappa shape index (κ3) is 4.08. The van der Waals surface area contributed by atoms with E-state index in [0.717, 1.165) is 24.2 Å². The van der Waals surface area contributed by atoms with Gasteiger partial charge in [0.2, 0.25) is 5.91 Å². The zero-order chi connectivity index (χ0) is 17.9. The van der Waals surface area contributed by atoms with Crippen molar-refractivity contribution < 1.29 is 13.7 Å². The van der Waals surface area contributed by atoms with Gasteiger partial charge in [-0.05, 0) is 49.2 Å². The molecule has 1 fully saturated rings. The minimum Gasteiger partial charge on any atom is -0.334 e. The van der Waals surface area contributed by atoms with Crippen LogP contribution in [0, 0.1) is 5.82 Å². The Morgan fingerprint density at radius 2 is 2.04 bits per heavy atom. The van der Waals surface area contributed by atoms with Crippen LogP contribution in [0.3, 0.4) is 0 Å². The largest absolute Gasteiger partial charge is 0.334 e. The topological polar surface area (TPSA) is 80.9 Å². The van der Waals surface area contributed by atoms with Crippen LogP contribution in [-0.2, 0) is 4.79 Å². The monoisotopic (exact) mass is 370 g/mol. The van der Waals surface area contributed by atoms with E-state index in [2.05, 4.69) is 20.4 Å². The van der Waals surface area contributed by atoms with E-state index in [0.29, 0.717) is 22.5 Å². The molecule has 0 spiro atoms. The number of rotatable bonds is 6. The van der Waals surface area contributed by atoms with Gasteiger partial charge in [-0.25, -0.2) is 9.37 Å². The van der Waals surface area contributed by atoms with Gasteiger partial charge in [0.25, 0.3) is 5.89 Å². The first-order valence-electron chi connectivity index (χ1n) is 8.15. The molecule has 2 aromatic heterocycles. The second-order valence-corrected chi connectivity index (χ2v) is 6.96. The normalized spacial score (nSPS) is 13.6. The maximum Gasteiger partial charge on any atom is 0.259 e. The molecule has 0 saturated heterocycles. The fraction of sp³-hybridized carbons (Fsp3) is 0.222. The van der Waals surface area contributed by atoms with E-state index >= 15 is 0 Å². The van der Waals surface area contributed by atoms with Crippen LogP contribution < -0.4 is 5.32 Å². The van der Waals surface area contributed by atoms with Crippen LogP contribution in [0.4, 0.5) is 10.1 Å². The first kappa shape index (κ1) is 16.7. The minimum atomic E-state index is -0.341. The molecule has 8 heteroatoms. The molecule has 1 saturated carbocycles. The van der Waals surface area contributed by atoms with Crippen LogP contribution >= 0.6 is 11.8 Å². The maximum absolute atomic E-state index is 12.9. The molecule has 1 N–H and O–H groups in total. The molecule has 1 amide bonds. The number of thioether (sulfide) groups is 1.